The molecule has 25 heavy (non-hydrogen) atoms. The molecule has 0 fully saturated rings. The van der Waals surface area contributed by atoms with Crippen LogP contribution in [0.2, 0.25) is 5.02 Å². The van der Waals surface area contributed by atoms with Crippen LogP contribution >= 0.6 is 27.5 Å². The van der Waals surface area contributed by atoms with Crippen LogP contribution in [0, 0.1) is 0 Å². The number of benzene rings is 2. The van der Waals surface area contributed by atoms with Gasteiger partial charge < -0.3 is 4.42 Å². The van der Waals surface area contributed by atoms with Crippen LogP contribution in [0.3, 0.4) is 0 Å². The van der Waals surface area contributed by atoms with Gasteiger partial charge in [0, 0.05) is 9.86 Å². The van der Waals surface area contributed by atoms with E-state index in [1.165, 1.54) is 12.1 Å². The smallest absolute Gasteiger partial charge is 0.349 e. The first-order valence-corrected chi connectivity index (χ1v) is 8.21. The Hall–Kier alpha value is -2.64. The van der Waals surface area contributed by atoms with Gasteiger partial charge in [-0.3, -0.25) is 20.4 Å². The number of hydrogen-bond acceptors (Lipinski definition) is 4. The van der Waals surface area contributed by atoms with Crippen molar-refractivity contribution in [3.63, 3.8) is 0 Å². The molecular formula is C17H10BrClN2O4. The van der Waals surface area contributed by atoms with E-state index in [0.717, 1.165) is 4.47 Å². The predicted octanol–water partition coefficient (Wildman–Crippen LogP) is 3.28. The third-order valence-electron chi connectivity index (χ3n) is 3.35. The number of carbonyl (C=O) groups excluding carboxylic acids is 2. The molecule has 2 aromatic carbocycles. The Labute approximate surface area is 154 Å². The van der Waals surface area contributed by atoms with Gasteiger partial charge in [0.1, 0.15) is 11.1 Å². The van der Waals surface area contributed by atoms with E-state index in [2.05, 4.69) is 26.8 Å². The van der Waals surface area contributed by atoms with Gasteiger partial charge in [0.15, 0.2) is 0 Å². The van der Waals surface area contributed by atoms with Crippen LogP contribution in [-0.2, 0) is 0 Å². The quantitative estimate of drug-likeness (QED) is 0.491. The van der Waals surface area contributed by atoms with Crippen molar-refractivity contribution in [2.75, 3.05) is 0 Å². The molecule has 0 radical (unpaired) electrons. The Kier molecular flexibility index (Phi) is 4.87. The van der Waals surface area contributed by atoms with E-state index in [1.54, 1.807) is 36.4 Å². The Bertz CT molecular complexity index is 1050. The summed E-state index contributed by atoms with van der Waals surface area (Å²) in [5, 5.41) is 0.806. The summed E-state index contributed by atoms with van der Waals surface area (Å²) in [6, 6.07) is 12.8. The highest BCUT2D eigenvalue weighted by molar-refractivity contribution is 9.10. The molecule has 6 nitrogen and oxygen atoms in total. The van der Waals surface area contributed by atoms with Crippen molar-refractivity contribution in [3.05, 3.63) is 79.6 Å². The number of rotatable bonds is 2. The number of halogens is 2. The molecule has 8 heteroatoms. The second-order valence-corrected chi connectivity index (χ2v) is 6.34. The topological polar surface area (TPSA) is 88.4 Å². The zero-order chi connectivity index (χ0) is 18.0. The van der Waals surface area contributed by atoms with Crippen molar-refractivity contribution in [3.8, 4) is 0 Å². The summed E-state index contributed by atoms with van der Waals surface area (Å²) in [4.78, 5) is 36.2. The van der Waals surface area contributed by atoms with Crippen LogP contribution in [0.15, 0.2) is 62.2 Å². The first kappa shape index (κ1) is 17.2. The summed E-state index contributed by atoms with van der Waals surface area (Å²) >= 11 is 9.22. The minimum atomic E-state index is -0.806. The molecule has 1 heterocycles. The average molecular weight is 422 g/mol. The maximum absolute atomic E-state index is 12.2. The summed E-state index contributed by atoms with van der Waals surface area (Å²) in [6.07, 6.45) is 0. The van der Waals surface area contributed by atoms with E-state index < -0.39 is 17.4 Å². The van der Waals surface area contributed by atoms with Crippen LogP contribution in [0.5, 0.6) is 0 Å². The monoisotopic (exact) mass is 420 g/mol. The van der Waals surface area contributed by atoms with Crippen LogP contribution in [-0.4, -0.2) is 11.8 Å². The zero-order valence-electron chi connectivity index (χ0n) is 12.5. The Morgan fingerprint density at radius 3 is 2.36 bits per heavy atom. The summed E-state index contributed by atoms with van der Waals surface area (Å²) in [6.45, 7) is 0. The Balaban J connectivity index is 1.80. The molecule has 0 saturated carbocycles. The number of nitrogens with one attached hydrogen (secondary N) is 2. The molecule has 0 aliphatic heterocycles. The van der Waals surface area contributed by atoms with Gasteiger partial charge in [-0.05, 0) is 36.4 Å². The highest BCUT2D eigenvalue weighted by atomic mass is 79.9. The fourth-order valence-electron chi connectivity index (χ4n) is 2.15. The van der Waals surface area contributed by atoms with Gasteiger partial charge in [-0.25, -0.2) is 4.79 Å². The lowest BCUT2D eigenvalue weighted by atomic mass is 10.2. The van der Waals surface area contributed by atoms with Gasteiger partial charge >= 0.3 is 5.63 Å². The van der Waals surface area contributed by atoms with Crippen molar-refractivity contribution in [1.82, 2.24) is 10.9 Å². The third-order valence-corrected chi connectivity index (χ3v) is 4.17. The van der Waals surface area contributed by atoms with Crippen LogP contribution in [0.4, 0.5) is 0 Å². The van der Waals surface area contributed by atoms with Gasteiger partial charge in [-0.2, -0.15) is 0 Å². The Morgan fingerprint density at radius 2 is 1.64 bits per heavy atom. The minimum absolute atomic E-state index is 0.193. The molecule has 0 unspecified atom stereocenters. The average Bonchev–Trinajstić information content (AvgIpc) is 2.59. The van der Waals surface area contributed by atoms with Crippen molar-refractivity contribution < 1.29 is 14.0 Å². The van der Waals surface area contributed by atoms with E-state index in [9.17, 15) is 14.4 Å². The van der Waals surface area contributed by atoms with Gasteiger partial charge in [0.2, 0.25) is 0 Å². The van der Waals surface area contributed by atoms with Crippen LogP contribution < -0.4 is 16.5 Å². The third kappa shape index (κ3) is 3.72. The number of hydrogen-bond donors (Lipinski definition) is 2. The highest BCUT2D eigenvalue weighted by Gasteiger charge is 2.16. The van der Waals surface area contributed by atoms with E-state index in [4.69, 9.17) is 16.0 Å². The van der Waals surface area contributed by atoms with Crippen molar-refractivity contribution in [1.29, 1.82) is 0 Å². The van der Waals surface area contributed by atoms with E-state index >= 15 is 0 Å². The maximum Gasteiger partial charge on any atom is 0.349 e. The molecule has 0 atom stereocenters. The molecule has 0 aliphatic carbocycles. The molecule has 0 spiro atoms. The SMILES string of the molecule is O=C(NNC(=O)c1cc2cc(Br)ccc2oc1=O)c1ccccc1Cl. The van der Waals surface area contributed by atoms with Crippen molar-refractivity contribution in [2.24, 2.45) is 0 Å². The fraction of sp³-hybridized carbons (Fsp3) is 0. The lowest BCUT2D eigenvalue weighted by molar-refractivity contribution is 0.0844. The lowest BCUT2D eigenvalue weighted by Crippen LogP contribution is -2.43. The fourth-order valence-corrected chi connectivity index (χ4v) is 2.75. The molecule has 1 aromatic heterocycles. The van der Waals surface area contributed by atoms with Crippen molar-refractivity contribution in [2.45, 2.75) is 0 Å². The number of amides is 2. The largest absolute Gasteiger partial charge is 0.422 e. The standard InChI is InChI=1S/C17H10BrClN2O4/c18-10-5-6-14-9(7-10)8-12(17(24)25-14)16(23)21-20-15(22)11-3-1-2-4-13(11)19/h1-8H,(H,20,22)(H,21,23). The number of fused-ring (bicyclic) bond motifs is 1. The summed E-state index contributed by atoms with van der Waals surface area (Å²) in [5.41, 5.74) is 3.90. The highest BCUT2D eigenvalue weighted by Crippen LogP contribution is 2.19. The molecule has 0 bridgehead atoms. The van der Waals surface area contributed by atoms with E-state index in [-0.39, 0.29) is 16.1 Å². The molecule has 3 aromatic rings. The maximum atomic E-state index is 12.2. The second-order valence-electron chi connectivity index (χ2n) is 5.02. The minimum Gasteiger partial charge on any atom is -0.422 e. The van der Waals surface area contributed by atoms with Crippen LogP contribution in [0.25, 0.3) is 11.0 Å². The lowest BCUT2D eigenvalue weighted by Gasteiger charge is -2.08. The first-order chi connectivity index (χ1) is 12.0. The predicted molar refractivity (Wildman–Crippen MR) is 96.6 cm³/mol. The number of carbonyl (C=O) groups is 2. The van der Waals surface area contributed by atoms with Crippen LogP contribution in [0.1, 0.15) is 20.7 Å². The second kappa shape index (κ2) is 7.08. The molecule has 0 saturated heterocycles. The molecule has 2 amide bonds. The molecule has 126 valence electrons. The van der Waals surface area contributed by atoms with Gasteiger partial charge in [-0.1, -0.05) is 39.7 Å². The molecule has 0 aliphatic rings. The Morgan fingerprint density at radius 1 is 0.960 bits per heavy atom. The summed E-state index contributed by atoms with van der Waals surface area (Å²) in [7, 11) is 0. The summed E-state index contributed by atoms with van der Waals surface area (Å²) in [5.74, 6) is -1.40. The molecule has 2 N–H and O–H groups in total. The van der Waals surface area contributed by atoms with E-state index in [1.807, 2.05) is 0 Å². The van der Waals surface area contributed by atoms with Gasteiger partial charge in [0.25, 0.3) is 11.8 Å². The first-order valence-electron chi connectivity index (χ1n) is 7.04. The number of hydrazine groups is 1. The zero-order valence-corrected chi connectivity index (χ0v) is 14.8. The van der Waals surface area contributed by atoms with Crippen molar-refractivity contribution >= 4 is 50.3 Å². The van der Waals surface area contributed by atoms with Gasteiger partial charge in [-0.15, -0.1) is 0 Å². The summed E-state index contributed by atoms with van der Waals surface area (Å²) < 4.78 is 5.88. The van der Waals surface area contributed by atoms with Gasteiger partial charge in [0.05, 0.1) is 10.6 Å². The molecule has 3 rings (SSSR count). The normalized spacial score (nSPS) is 10.5. The van der Waals surface area contributed by atoms with E-state index in [0.29, 0.717) is 11.0 Å². The molecular weight excluding hydrogens is 412 g/mol.